The molecule has 0 radical (unpaired) electrons. The van der Waals surface area contributed by atoms with E-state index >= 15 is 0 Å². The average Bonchev–Trinajstić information content (AvgIpc) is 2.56. The predicted octanol–water partition coefficient (Wildman–Crippen LogP) is 2.04. The minimum absolute atomic E-state index is 0.395. The molecule has 0 heterocycles. The summed E-state index contributed by atoms with van der Waals surface area (Å²) in [5.41, 5.74) is 0. The highest BCUT2D eigenvalue weighted by Gasteiger charge is 2.22. The minimum atomic E-state index is -0.810. The van der Waals surface area contributed by atoms with Crippen molar-refractivity contribution in [3.8, 4) is 0 Å². The highest BCUT2D eigenvalue weighted by molar-refractivity contribution is 5.69. The van der Waals surface area contributed by atoms with Crippen LogP contribution in [0.5, 0.6) is 0 Å². The molecule has 0 aromatic heterocycles. The van der Waals surface area contributed by atoms with Crippen LogP contribution in [0.4, 0.5) is 0 Å². The summed E-state index contributed by atoms with van der Waals surface area (Å²) in [7, 11) is 0. The molecule has 82 valence electrons. The van der Waals surface area contributed by atoms with E-state index in [4.69, 9.17) is 5.11 Å². The van der Waals surface area contributed by atoms with E-state index in [0.29, 0.717) is 12.3 Å². The molecule has 0 bridgehead atoms. The molecule has 14 heavy (non-hydrogen) atoms. The maximum atomic E-state index is 10.6. The zero-order valence-electron chi connectivity index (χ0n) is 8.78. The number of aliphatic hydroxyl groups excluding tert-OH is 1. The second-order valence-electron chi connectivity index (χ2n) is 4.51. The number of hydrogen-bond acceptors (Lipinski definition) is 2. The van der Waals surface area contributed by atoms with Gasteiger partial charge in [-0.2, -0.15) is 0 Å². The van der Waals surface area contributed by atoms with Gasteiger partial charge in [-0.15, -0.1) is 0 Å². The third kappa shape index (κ3) is 3.66. The molecule has 0 amide bonds. The van der Waals surface area contributed by atoms with E-state index in [0.717, 1.165) is 6.42 Å². The van der Waals surface area contributed by atoms with Crippen LogP contribution in [0, 0.1) is 11.8 Å². The third-order valence-corrected chi connectivity index (χ3v) is 3.13. The summed E-state index contributed by atoms with van der Waals surface area (Å²) in [6.45, 7) is 1.65. The van der Waals surface area contributed by atoms with Crippen LogP contribution >= 0.6 is 0 Å². The molecule has 2 unspecified atom stereocenters. The van der Waals surface area contributed by atoms with Crippen molar-refractivity contribution in [1.29, 1.82) is 0 Å². The molecule has 0 aromatic carbocycles. The Balaban J connectivity index is 2.20. The predicted molar refractivity (Wildman–Crippen MR) is 54.0 cm³/mol. The van der Waals surface area contributed by atoms with Gasteiger partial charge in [-0.1, -0.05) is 32.6 Å². The first-order chi connectivity index (χ1) is 6.59. The Morgan fingerprint density at radius 3 is 2.50 bits per heavy atom. The molecule has 3 heteroatoms. The molecule has 0 saturated heterocycles. The first kappa shape index (κ1) is 11.5. The highest BCUT2D eigenvalue weighted by Crippen LogP contribution is 2.29. The lowest BCUT2D eigenvalue weighted by atomic mass is 9.94. The van der Waals surface area contributed by atoms with E-state index in [1.165, 1.54) is 25.7 Å². The zero-order valence-corrected chi connectivity index (χ0v) is 8.78. The van der Waals surface area contributed by atoms with Gasteiger partial charge >= 0.3 is 5.97 Å². The normalized spacial score (nSPS) is 22.1. The summed E-state index contributed by atoms with van der Waals surface area (Å²) in [6, 6.07) is 0. The molecular formula is C11H20O3. The molecule has 1 aliphatic carbocycles. The fourth-order valence-electron chi connectivity index (χ4n) is 2.24. The van der Waals surface area contributed by atoms with Crippen molar-refractivity contribution < 1.29 is 15.0 Å². The van der Waals surface area contributed by atoms with E-state index in [-0.39, 0.29) is 0 Å². The molecule has 0 aliphatic heterocycles. The Bertz CT molecular complexity index is 185. The molecule has 0 aromatic rings. The number of aliphatic carboxylic acids is 1. The number of rotatable bonds is 5. The number of aliphatic hydroxyl groups is 1. The molecule has 2 N–H and O–H groups in total. The molecule has 2 atom stereocenters. The standard InChI is InChI=1S/C11H20O3/c1-8(11(13)14)6-10(12)7-9-4-2-3-5-9/h8-10,12H,2-7H2,1H3,(H,13,14). The van der Waals surface area contributed by atoms with Crippen LogP contribution in [0.25, 0.3) is 0 Å². The highest BCUT2D eigenvalue weighted by atomic mass is 16.4. The Hall–Kier alpha value is -0.570. The van der Waals surface area contributed by atoms with Gasteiger partial charge < -0.3 is 10.2 Å². The number of carboxylic acid groups (broad SMARTS) is 1. The lowest BCUT2D eigenvalue weighted by molar-refractivity contribution is -0.142. The summed E-state index contributed by atoms with van der Waals surface area (Å²) in [5.74, 6) is -0.604. The second-order valence-corrected chi connectivity index (χ2v) is 4.51. The van der Waals surface area contributed by atoms with E-state index in [1.807, 2.05) is 0 Å². The Morgan fingerprint density at radius 1 is 1.43 bits per heavy atom. The van der Waals surface area contributed by atoms with Crippen LogP contribution in [-0.2, 0) is 4.79 Å². The molecule has 0 spiro atoms. The van der Waals surface area contributed by atoms with E-state index in [2.05, 4.69) is 0 Å². The first-order valence-electron chi connectivity index (χ1n) is 5.50. The van der Waals surface area contributed by atoms with Crippen molar-refractivity contribution in [3.05, 3.63) is 0 Å². The topological polar surface area (TPSA) is 57.5 Å². The fourth-order valence-corrected chi connectivity index (χ4v) is 2.24. The van der Waals surface area contributed by atoms with Gasteiger partial charge in [-0.25, -0.2) is 0 Å². The van der Waals surface area contributed by atoms with Crippen LogP contribution in [0.3, 0.4) is 0 Å². The van der Waals surface area contributed by atoms with Gasteiger partial charge in [0, 0.05) is 0 Å². The third-order valence-electron chi connectivity index (χ3n) is 3.13. The first-order valence-corrected chi connectivity index (χ1v) is 5.50. The molecule has 1 rings (SSSR count). The Kier molecular flexibility index (Phi) is 4.39. The number of hydrogen-bond donors (Lipinski definition) is 2. The summed E-state index contributed by atoms with van der Waals surface area (Å²) in [6.07, 6.45) is 5.71. The van der Waals surface area contributed by atoms with Gasteiger partial charge in [0.25, 0.3) is 0 Å². The number of carboxylic acids is 1. The summed E-state index contributed by atoms with van der Waals surface area (Å²) < 4.78 is 0. The second kappa shape index (κ2) is 5.35. The van der Waals surface area contributed by atoms with Gasteiger partial charge in [0.1, 0.15) is 0 Å². The van der Waals surface area contributed by atoms with Crippen LogP contribution in [0.2, 0.25) is 0 Å². The molecule has 1 saturated carbocycles. The van der Waals surface area contributed by atoms with Gasteiger partial charge in [-0.3, -0.25) is 4.79 Å². The van der Waals surface area contributed by atoms with Gasteiger partial charge in [0.05, 0.1) is 12.0 Å². The van der Waals surface area contributed by atoms with E-state index in [1.54, 1.807) is 6.92 Å². The summed E-state index contributed by atoms with van der Waals surface area (Å²) in [4.78, 5) is 10.6. The van der Waals surface area contributed by atoms with Crippen LogP contribution in [0.15, 0.2) is 0 Å². The maximum Gasteiger partial charge on any atom is 0.306 e. The summed E-state index contributed by atoms with van der Waals surface area (Å²) >= 11 is 0. The van der Waals surface area contributed by atoms with Crippen molar-refractivity contribution >= 4 is 5.97 Å². The van der Waals surface area contributed by atoms with Gasteiger partial charge in [0.2, 0.25) is 0 Å². The van der Waals surface area contributed by atoms with Crippen molar-refractivity contribution in [3.63, 3.8) is 0 Å². The number of carbonyl (C=O) groups is 1. The van der Waals surface area contributed by atoms with Gasteiger partial charge in [0.15, 0.2) is 0 Å². The lowest BCUT2D eigenvalue weighted by Crippen LogP contribution is -2.20. The Morgan fingerprint density at radius 2 is 2.00 bits per heavy atom. The fraction of sp³-hybridized carbons (Fsp3) is 0.909. The smallest absolute Gasteiger partial charge is 0.306 e. The van der Waals surface area contributed by atoms with E-state index in [9.17, 15) is 9.90 Å². The monoisotopic (exact) mass is 200 g/mol. The minimum Gasteiger partial charge on any atom is -0.481 e. The van der Waals surface area contributed by atoms with Crippen molar-refractivity contribution in [2.45, 2.75) is 51.6 Å². The summed E-state index contributed by atoms with van der Waals surface area (Å²) in [5, 5.41) is 18.3. The van der Waals surface area contributed by atoms with Crippen molar-refractivity contribution in [2.24, 2.45) is 11.8 Å². The van der Waals surface area contributed by atoms with Crippen LogP contribution in [-0.4, -0.2) is 22.3 Å². The zero-order chi connectivity index (χ0) is 10.6. The molecule has 1 fully saturated rings. The molecular weight excluding hydrogens is 180 g/mol. The lowest BCUT2D eigenvalue weighted by Gasteiger charge is -2.16. The molecule has 3 nitrogen and oxygen atoms in total. The van der Waals surface area contributed by atoms with Gasteiger partial charge in [-0.05, 0) is 18.8 Å². The largest absolute Gasteiger partial charge is 0.481 e. The van der Waals surface area contributed by atoms with Crippen molar-refractivity contribution in [1.82, 2.24) is 0 Å². The quantitative estimate of drug-likeness (QED) is 0.714. The SMILES string of the molecule is CC(CC(O)CC1CCCC1)C(=O)O. The van der Waals surface area contributed by atoms with Crippen LogP contribution < -0.4 is 0 Å². The van der Waals surface area contributed by atoms with Crippen molar-refractivity contribution in [2.75, 3.05) is 0 Å². The van der Waals surface area contributed by atoms with Crippen LogP contribution in [0.1, 0.15) is 45.4 Å². The Labute approximate surface area is 85.1 Å². The maximum absolute atomic E-state index is 10.6. The molecule has 1 aliphatic rings. The average molecular weight is 200 g/mol. The van der Waals surface area contributed by atoms with E-state index < -0.39 is 18.0 Å².